The van der Waals surface area contributed by atoms with Gasteiger partial charge in [-0.05, 0) is 71.8 Å². The first-order valence-electron chi connectivity index (χ1n) is 33.1. The van der Waals surface area contributed by atoms with E-state index in [0.29, 0.717) is 34.9 Å². The van der Waals surface area contributed by atoms with Crippen LogP contribution in [0.25, 0.3) is 188 Å². The van der Waals surface area contributed by atoms with E-state index in [-0.39, 0.29) is 0 Å². The number of furan rings is 1. The maximum Gasteiger partial charge on any atom is 0.167 e. The largest absolute Gasteiger partial charge is 0.455 e. The van der Waals surface area contributed by atoms with Crippen molar-refractivity contribution in [3.8, 4) is 102 Å². The molecule has 0 spiro atoms. The molecule has 0 N–H and O–H groups in total. The Bertz CT molecular complexity index is 6400. The van der Waals surface area contributed by atoms with Crippen molar-refractivity contribution >= 4 is 97.1 Å². The number of nitrogens with zero attached hydrogens (tertiary/aromatic N) is 10. The fourth-order valence-electron chi connectivity index (χ4n) is 13.9. The molecule has 0 unspecified atom stereocenters. The Morgan fingerprint density at radius 2 is 0.650 bits per heavy atom. The summed E-state index contributed by atoms with van der Waals surface area (Å²) in [5.41, 5.74) is 15.2. The van der Waals surface area contributed by atoms with Gasteiger partial charge in [-0.1, -0.05) is 255 Å². The van der Waals surface area contributed by atoms with E-state index >= 15 is 0 Å². The Morgan fingerprint density at radius 1 is 0.250 bits per heavy atom. The maximum atomic E-state index is 6.58. The van der Waals surface area contributed by atoms with Gasteiger partial charge < -0.3 is 4.42 Å². The first kappa shape index (κ1) is 58.0. The number of hydrogen-bond donors (Lipinski definition) is 0. The molecule has 0 aliphatic heterocycles. The molecule has 0 aliphatic rings. The monoisotopic (exact) mass is 1300 g/mol. The summed E-state index contributed by atoms with van der Waals surface area (Å²) in [5, 5.41) is 9.16. The molecule has 0 amide bonds. The summed E-state index contributed by atoms with van der Waals surface area (Å²) in [4.78, 5) is 41.1. The van der Waals surface area contributed by atoms with Gasteiger partial charge in [-0.25, -0.2) is 39.9 Å². The van der Waals surface area contributed by atoms with Crippen LogP contribution in [0, 0.1) is 0 Å². The van der Waals surface area contributed by atoms with Crippen LogP contribution in [0.5, 0.6) is 0 Å². The summed E-state index contributed by atoms with van der Waals surface area (Å²) in [6, 6.07) is 108. The van der Waals surface area contributed by atoms with Gasteiger partial charge in [0.2, 0.25) is 0 Å². The summed E-state index contributed by atoms with van der Waals surface area (Å²) in [5.74, 6) is 4.99. The molecular formula is C88H54N10OS. The number of aromatic nitrogens is 10. The first-order valence-corrected chi connectivity index (χ1v) is 33.9. The fraction of sp³-hybridized carbons (Fsp3) is 0. The van der Waals surface area contributed by atoms with E-state index in [0.717, 1.165) is 122 Å². The van der Waals surface area contributed by atoms with Crippen molar-refractivity contribution in [1.29, 1.82) is 0 Å². The van der Waals surface area contributed by atoms with Crippen molar-refractivity contribution in [3.63, 3.8) is 0 Å². The van der Waals surface area contributed by atoms with Crippen molar-refractivity contribution in [2.24, 2.45) is 0 Å². The zero-order chi connectivity index (χ0) is 66.0. The van der Waals surface area contributed by atoms with E-state index in [1.807, 2.05) is 181 Å². The van der Waals surface area contributed by atoms with Gasteiger partial charge >= 0.3 is 0 Å². The first-order chi connectivity index (χ1) is 49.6. The van der Waals surface area contributed by atoms with Crippen LogP contribution in [-0.2, 0) is 0 Å². The highest BCUT2D eigenvalue weighted by Crippen LogP contribution is 2.45. The van der Waals surface area contributed by atoms with Crippen molar-refractivity contribution < 1.29 is 4.42 Å². The normalized spacial score (nSPS) is 11.6. The molecule has 20 rings (SSSR count). The summed E-state index contributed by atoms with van der Waals surface area (Å²) < 4.78 is 13.6. The number of benzene rings is 12. The minimum atomic E-state index is 0.536. The van der Waals surface area contributed by atoms with Crippen LogP contribution in [0.2, 0.25) is 0 Å². The van der Waals surface area contributed by atoms with Gasteiger partial charge in [-0.15, -0.1) is 11.3 Å². The number of pyridine rings is 2. The lowest BCUT2D eigenvalue weighted by Gasteiger charge is -2.15. The Hall–Kier alpha value is -13.4. The summed E-state index contributed by atoms with van der Waals surface area (Å²) in [7, 11) is 0. The van der Waals surface area contributed by atoms with Gasteiger partial charge in [0.15, 0.2) is 34.9 Å². The Kier molecular flexibility index (Phi) is 14.1. The topological polar surface area (TPSA) is 126 Å². The van der Waals surface area contributed by atoms with Crippen LogP contribution in [0.3, 0.4) is 0 Å². The molecule has 0 saturated carbocycles. The molecule has 100 heavy (non-hydrogen) atoms. The highest BCUT2D eigenvalue weighted by molar-refractivity contribution is 7.25. The highest BCUT2D eigenvalue weighted by atomic mass is 32.1. The Labute approximate surface area is 577 Å². The van der Waals surface area contributed by atoms with Crippen LogP contribution in [0.4, 0.5) is 0 Å². The minimum Gasteiger partial charge on any atom is -0.455 e. The number of fused-ring (bicyclic) bond motifs is 13. The van der Waals surface area contributed by atoms with Gasteiger partial charge in [0, 0.05) is 92.9 Å². The third-order valence-electron chi connectivity index (χ3n) is 18.6. The average Bonchev–Trinajstić information content (AvgIpc) is 1.56. The molecule has 8 heterocycles. The molecule has 12 aromatic carbocycles. The zero-order valence-electron chi connectivity index (χ0n) is 53.5. The third-order valence-corrected chi connectivity index (χ3v) is 19.7. The molecule has 468 valence electrons. The van der Waals surface area contributed by atoms with Crippen molar-refractivity contribution in [3.05, 3.63) is 328 Å². The van der Waals surface area contributed by atoms with Crippen LogP contribution in [-0.4, -0.2) is 49.0 Å². The second-order valence-electron chi connectivity index (χ2n) is 24.6. The molecule has 0 saturated heterocycles. The van der Waals surface area contributed by atoms with Crippen LogP contribution < -0.4 is 0 Å². The van der Waals surface area contributed by atoms with E-state index in [9.17, 15) is 0 Å². The molecule has 8 aromatic heterocycles. The van der Waals surface area contributed by atoms with Crippen LogP contribution in [0.15, 0.2) is 332 Å². The fourth-order valence-corrected chi connectivity index (χ4v) is 15.0. The smallest absolute Gasteiger partial charge is 0.167 e. The molecular weight excluding hydrogens is 1250 g/mol. The molecule has 0 aliphatic carbocycles. The maximum absolute atomic E-state index is 6.58. The Balaban J connectivity index is 0.000000139. The van der Waals surface area contributed by atoms with E-state index in [4.69, 9.17) is 44.3 Å². The van der Waals surface area contributed by atoms with E-state index < -0.39 is 0 Å². The second kappa shape index (κ2) is 24.3. The summed E-state index contributed by atoms with van der Waals surface area (Å²) in [6.45, 7) is 0. The van der Waals surface area contributed by atoms with E-state index in [1.165, 1.54) is 30.9 Å². The second-order valence-corrected chi connectivity index (χ2v) is 25.7. The van der Waals surface area contributed by atoms with Crippen molar-refractivity contribution in [1.82, 2.24) is 49.0 Å². The van der Waals surface area contributed by atoms with Gasteiger partial charge in [-0.2, -0.15) is 0 Å². The van der Waals surface area contributed by atoms with Crippen LogP contribution >= 0.6 is 11.3 Å². The lowest BCUT2D eigenvalue weighted by Crippen LogP contribution is -2.05. The predicted octanol–water partition coefficient (Wildman–Crippen LogP) is 22.3. The number of rotatable bonds is 10. The predicted molar refractivity (Wildman–Crippen MR) is 408 cm³/mol. The standard InChI is InChI=1S/C44H27N5O.C44H27N5S/c1-4-14-28(15-5-1)31-26-35(43-47-41(29-16-6-2-7-17-29)46-42(48-43)30-18-8-3-9-19-30)44(45-27-31)49-36-22-12-10-21-34(36)39-37(49)25-24-33-32-20-11-13-23-38(32)50-40(33)39;1-4-14-28(15-5-1)31-24-36(43-47-41(29-16-6-2-7-17-29)46-42(48-43)30-18-8-3-9-19-30)44(45-27-31)49-37-22-12-10-20-32(37)34-26-40-35(25-38(34)49)33-21-11-13-23-39(33)50-40/h2*1-27H. The minimum absolute atomic E-state index is 0.536. The van der Waals surface area contributed by atoms with E-state index in [2.05, 4.69) is 167 Å². The van der Waals surface area contributed by atoms with Gasteiger partial charge in [0.05, 0.1) is 38.6 Å². The lowest BCUT2D eigenvalue weighted by molar-refractivity contribution is 0.673. The molecule has 12 heteroatoms. The third kappa shape index (κ3) is 10.1. The molecule has 11 nitrogen and oxygen atoms in total. The molecule has 0 radical (unpaired) electrons. The molecule has 0 bridgehead atoms. The molecule has 0 atom stereocenters. The van der Waals surface area contributed by atoms with Crippen molar-refractivity contribution in [2.45, 2.75) is 0 Å². The number of hydrogen-bond acceptors (Lipinski definition) is 10. The lowest BCUT2D eigenvalue weighted by atomic mass is 10.0. The average molecular weight is 1300 g/mol. The quantitative estimate of drug-likeness (QED) is 0.132. The molecule has 20 aromatic rings. The van der Waals surface area contributed by atoms with Crippen molar-refractivity contribution in [2.75, 3.05) is 0 Å². The molecule has 0 fully saturated rings. The number of para-hydroxylation sites is 3. The Morgan fingerprint density at radius 3 is 1.16 bits per heavy atom. The van der Waals surface area contributed by atoms with Gasteiger partial charge in [0.1, 0.15) is 22.8 Å². The highest BCUT2D eigenvalue weighted by Gasteiger charge is 2.26. The summed E-state index contributed by atoms with van der Waals surface area (Å²) >= 11 is 1.84. The number of thiophene rings is 1. The zero-order valence-corrected chi connectivity index (χ0v) is 54.3. The SMILES string of the molecule is c1ccc(-c2cnc(-n3c4ccccc4c4c5oc6ccccc6c5ccc43)c(-c3nc(-c4ccccc4)nc(-c4ccccc4)n3)c2)cc1.c1ccc(-c2cnc(-n3c4ccccc4c4cc5sc6ccccc6c5cc43)c(-c3nc(-c4ccccc4)nc(-c4ccccc4)n3)c2)cc1. The van der Waals surface area contributed by atoms with Crippen LogP contribution in [0.1, 0.15) is 0 Å². The van der Waals surface area contributed by atoms with E-state index in [1.54, 1.807) is 0 Å². The van der Waals surface area contributed by atoms with Gasteiger partial charge in [0.25, 0.3) is 0 Å². The van der Waals surface area contributed by atoms with Gasteiger partial charge in [-0.3, -0.25) is 9.13 Å². The summed E-state index contributed by atoms with van der Waals surface area (Å²) in [6.07, 6.45) is 3.90.